The van der Waals surface area contributed by atoms with Crippen LogP contribution in [0.2, 0.25) is 0 Å². The van der Waals surface area contributed by atoms with Crippen LogP contribution in [0.4, 0.5) is 0 Å². The van der Waals surface area contributed by atoms with Gasteiger partial charge in [-0.3, -0.25) is 0 Å². The number of para-hydroxylation sites is 2. The van der Waals surface area contributed by atoms with Gasteiger partial charge in [-0.15, -0.1) is 0 Å². The predicted molar refractivity (Wildman–Crippen MR) is 194 cm³/mol. The van der Waals surface area contributed by atoms with Crippen molar-refractivity contribution >= 4 is 54.1 Å². The van der Waals surface area contributed by atoms with E-state index in [0.29, 0.717) is 0 Å². The van der Waals surface area contributed by atoms with E-state index in [4.69, 9.17) is 9.97 Å². The molecule has 2 aromatic heterocycles. The molecule has 2 heterocycles. The van der Waals surface area contributed by atoms with Crippen LogP contribution < -0.4 is 0 Å². The molecule has 0 saturated heterocycles. The van der Waals surface area contributed by atoms with Crippen molar-refractivity contribution in [1.29, 1.82) is 0 Å². The SMILES string of the molecule is CCc1nc(-c2ccc3c4ccccc4n(-c4ccccc4)c3c2)ncc1-c1cc2c3ccccc3c3ccccc3c2cc1C. The molecule has 0 amide bonds. The number of aryl methyl sites for hydroxylation is 2. The maximum Gasteiger partial charge on any atom is 0.159 e. The largest absolute Gasteiger partial charge is 0.309 e. The number of hydrogen-bond donors (Lipinski definition) is 0. The fourth-order valence-corrected chi connectivity index (χ4v) is 7.37. The zero-order valence-electron chi connectivity index (χ0n) is 25.8. The van der Waals surface area contributed by atoms with Crippen molar-refractivity contribution in [1.82, 2.24) is 14.5 Å². The second-order valence-electron chi connectivity index (χ2n) is 12.1. The third-order valence-electron chi connectivity index (χ3n) is 9.53. The topological polar surface area (TPSA) is 30.7 Å². The van der Waals surface area contributed by atoms with Crippen molar-refractivity contribution in [3.63, 3.8) is 0 Å². The second-order valence-corrected chi connectivity index (χ2v) is 12.1. The van der Waals surface area contributed by atoms with Crippen LogP contribution in [0.3, 0.4) is 0 Å². The molecule has 0 unspecified atom stereocenters. The number of hydrogen-bond acceptors (Lipinski definition) is 2. The molecule has 3 nitrogen and oxygen atoms in total. The molecule has 0 bridgehead atoms. The molecular formula is C43H31N3. The molecule has 0 aliphatic heterocycles. The highest BCUT2D eigenvalue weighted by molar-refractivity contribution is 6.26. The van der Waals surface area contributed by atoms with Crippen molar-refractivity contribution in [2.75, 3.05) is 0 Å². The normalized spacial score (nSPS) is 11.8. The first-order chi connectivity index (χ1) is 22.7. The van der Waals surface area contributed by atoms with Gasteiger partial charge < -0.3 is 4.57 Å². The highest BCUT2D eigenvalue weighted by Crippen LogP contribution is 2.40. The fourth-order valence-electron chi connectivity index (χ4n) is 7.37. The highest BCUT2D eigenvalue weighted by Gasteiger charge is 2.17. The average Bonchev–Trinajstić information content (AvgIpc) is 3.45. The molecule has 9 aromatic rings. The molecule has 0 spiro atoms. The molecule has 0 radical (unpaired) electrons. The van der Waals surface area contributed by atoms with Crippen molar-refractivity contribution in [3.8, 4) is 28.2 Å². The maximum absolute atomic E-state index is 5.21. The van der Waals surface area contributed by atoms with E-state index in [0.717, 1.165) is 40.3 Å². The van der Waals surface area contributed by atoms with Gasteiger partial charge in [0.25, 0.3) is 0 Å². The van der Waals surface area contributed by atoms with E-state index in [1.165, 1.54) is 59.7 Å². The Kier molecular flexibility index (Phi) is 6.01. The number of aromatic nitrogens is 3. The van der Waals surface area contributed by atoms with Crippen LogP contribution >= 0.6 is 0 Å². The van der Waals surface area contributed by atoms with E-state index in [1.807, 2.05) is 6.20 Å². The van der Waals surface area contributed by atoms with E-state index in [2.05, 4.69) is 152 Å². The van der Waals surface area contributed by atoms with Crippen LogP contribution in [0, 0.1) is 6.92 Å². The molecule has 218 valence electrons. The summed E-state index contributed by atoms with van der Waals surface area (Å²) in [5, 5.41) is 10.2. The molecule has 3 heteroatoms. The standard InChI is InChI=1S/C43H31N3/c1-3-40-39(36-25-38-33-18-10-8-16-31(33)30-15-7-9-17-32(30)37(38)23-27(36)2)26-44-43(45-40)28-21-22-35-34-19-11-12-20-41(34)46(42(35)24-28)29-13-5-4-6-14-29/h4-26H,3H2,1-2H3. The summed E-state index contributed by atoms with van der Waals surface area (Å²) in [6.07, 6.45) is 2.85. The lowest BCUT2D eigenvalue weighted by Gasteiger charge is -2.16. The molecule has 0 aliphatic rings. The van der Waals surface area contributed by atoms with Gasteiger partial charge in [0.1, 0.15) is 0 Å². The Morgan fingerprint density at radius 3 is 1.80 bits per heavy atom. The Morgan fingerprint density at radius 2 is 1.11 bits per heavy atom. The van der Waals surface area contributed by atoms with Crippen LogP contribution in [-0.4, -0.2) is 14.5 Å². The van der Waals surface area contributed by atoms with Gasteiger partial charge in [-0.2, -0.15) is 0 Å². The minimum absolute atomic E-state index is 0.752. The lowest BCUT2D eigenvalue weighted by atomic mass is 9.89. The smallest absolute Gasteiger partial charge is 0.159 e. The Hall–Kier alpha value is -5.80. The lowest BCUT2D eigenvalue weighted by Crippen LogP contribution is -2.00. The maximum atomic E-state index is 5.21. The van der Waals surface area contributed by atoms with Crippen molar-refractivity contribution in [3.05, 3.63) is 151 Å². The second kappa shape index (κ2) is 10.4. The van der Waals surface area contributed by atoms with Gasteiger partial charge in [0, 0.05) is 33.8 Å². The highest BCUT2D eigenvalue weighted by atomic mass is 15.0. The predicted octanol–water partition coefficient (Wildman–Crippen LogP) is 11.2. The third kappa shape index (κ3) is 3.98. The fraction of sp³-hybridized carbons (Fsp3) is 0.0698. The minimum atomic E-state index is 0.752. The summed E-state index contributed by atoms with van der Waals surface area (Å²) in [5.41, 5.74) is 9.08. The van der Waals surface area contributed by atoms with Crippen LogP contribution in [0.15, 0.2) is 140 Å². The molecular weight excluding hydrogens is 558 g/mol. The van der Waals surface area contributed by atoms with Crippen molar-refractivity contribution in [2.24, 2.45) is 0 Å². The molecule has 46 heavy (non-hydrogen) atoms. The first-order valence-corrected chi connectivity index (χ1v) is 16.0. The molecule has 0 aliphatic carbocycles. The Bertz CT molecular complexity index is 2630. The average molecular weight is 590 g/mol. The monoisotopic (exact) mass is 589 g/mol. The lowest BCUT2D eigenvalue weighted by molar-refractivity contribution is 1.01. The molecule has 0 fully saturated rings. The molecule has 0 N–H and O–H groups in total. The van der Waals surface area contributed by atoms with Gasteiger partial charge in [0.05, 0.1) is 16.7 Å². The van der Waals surface area contributed by atoms with Crippen molar-refractivity contribution < 1.29 is 0 Å². The van der Waals surface area contributed by atoms with Crippen LogP contribution in [0.25, 0.3) is 82.3 Å². The number of fused-ring (bicyclic) bond motifs is 9. The van der Waals surface area contributed by atoms with E-state index >= 15 is 0 Å². The summed E-state index contributed by atoms with van der Waals surface area (Å²) in [6, 6.07) is 48.0. The number of rotatable bonds is 4. The van der Waals surface area contributed by atoms with Gasteiger partial charge in [-0.25, -0.2) is 9.97 Å². The van der Waals surface area contributed by atoms with E-state index in [1.54, 1.807) is 0 Å². The summed E-state index contributed by atoms with van der Waals surface area (Å²) >= 11 is 0. The molecule has 0 saturated carbocycles. The minimum Gasteiger partial charge on any atom is -0.309 e. The van der Waals surface area contributed by atoms with Gasteiger partial charge in [0.15, 0.2) is 5.82 Å². The van der Waals surface area contributed by atoms with Gasteiger partial charge in [-0.05, 0) is 87.1 Å². The van der Waals surface area contributed by atoms with Crippen molar-refractivity contribution in [2.45, 2.75) is 20.3 Å². The van der Waals surface area contributed by atoms with Crippen LogP contribution in [0.1, 0.15) is 18.2 Å². The van der Waals surface area contributed by atoms with Gasteiger partial charge in [0.2, 0.25) is 0 Å². The van der Waals surface area contributed by atoms with Crippen LogP contribution in [-0.2, 0) is 6.42 Å². The molecule has 7 aromatic carbocycles. The summed E-state index contributed by atoms with van der Waals surface area (Å²) in [5.74, 6) is 0.752. The number of benzene rings is 7. The molecule has 0 atom stereocenters. The molecule has 9 rings (SSSR count). The Labute approximate surface area is 267 Å². The Morgan fingerprint density at radius 1 is 0.522 bits per heavy atom. The first kappa shape index (κ1) is 26.6. The zero-order valence-corrected chi connectivity index (χ0v) is 25.8. The van der Waals surface area contributed by atoms with Gasteiger partial charge >= 0.3 is 0 Å². The first-order valence-electron chi connectivity index (χ1n) is 16.0. The zero-order chi connectivity index (χ0) is 30.8. The summed E-state index contributed by atoms with van der Waals surface area (Å²) in [6.45, 7) is 4.40. The summed E-state index contributed by atoms with van der Waals surface area (Å²) in [7, 11) is 0. The Balaban J connectivity index is 1.22. The quantitative estimate of drug-likeness (QED) is 0.191. The number of nitrogens with zero attached hydrogens (tertiary/aromatic N) is 3. The van der Waals surface area contributed by atoms with E-state index in [9.17, 15) is 0 Å². The van der Waals surface area contributed by atoms with E-state index in [-0.39, 0.29) is 0 Å². The van der Waals surface area contributed by atoms with Gasteiger partial charge in [-0.1, -0.05) is 110 Å². The third-order valence-corrected chi connectivity index (χ3v) is 9.53. The summed E-state index contributed by atoms with van der Waals surface area (Å²) in [4.78, 5) is 10.2. The van der Waals surface area contributed by atoms with Crippen LogP contribution in [0.5, 0.6) is 0 Å². The van der Waals surface area contributed by atoms with E-state index < -0.39 is 0 Å². The summed E-state index contributed by atoms with van der Waals surface area (Å²) < 4.78 is 2.34.